The van der Waals surface area contributed by atoms with Gasteiger partial charge in [0.15, 0.2) is 0 Å². The summed E-state index contributed by atoms with van der Waals surface area (Å²) < 4.78 is 2.22. The molecule has 0 unspecified atom stereocenters. The van der Waals surface area contributed by atoms with Crippen LogP contribution >= 0.6 is 11.8 Å². The highest BCUT2D eigenvalue weighted by atomic mass is 32.2. The van der Waals surface area contributed by atoms with Crippen molar-refractivity contribution in [2.45, 2.75) is 13.0 Å². The number of thioether (sulfide) groups is 1. The van der Waals surface area contributed by atoms with Gasteiger partial charge >= 0.3 is 0 Å². The van der Waals surface area contributed by atoms with Gasteiger partial charge in [0, 0.05) is 23.6 Å². The molecule has 2 heterocycles. The zero-order valence-corrected chi connectivity index (χ0v) is 14.3. The molecule has 1 saturated heterocycles. The summed E-state index contributed by atoms with van der Waals surface area (Å²) in [6, 6.07) is 18.5. The van der Waals surface area contributed by atoms with E-state index in [9.17, 15) is 9.59 Å². The van der Waals surface area contributed by atoms with Crippen LogP contribution in [0.1, 0.15) is 11.1 Å². The van der Waals surface area contributed by atoms with Crippen molar-refractivity contribution in [1.82, 2.24) is 9.88 Å². The van der Waals surface area contributed by atoms with Crippen molar-refractivity contribution in [2.24, 2.45) is 0 Å². The Morgan fingerprint density at radius 1 is 1.00 bits per heavy atom. The Kier molecular flexibility index (Phi) is 4.15. The number of amides is 2. The number of aromatic nitrogens is 1. The number of hydrogen-bond donors (Lipinski definition) is 1. The second-order valence-corrected chi connectivity index (χ2v) is 6.89. The predicted molar refractivity (Wildman–Crippen MR) is 101 cm³/mol. The summed E-state index contributed by atoms with van der Waals surface area (Å²) in [6.45, 7) is 0.890. The monoisotopic (exact) mass is 348 g/mol. The van der Waals surface area contributed by atoms with E-state index in [1.54, 1.807) is 6.08 Å². The van der Waals surface area contributed by atoms with Crippen LogP contribution < -0.4 is 5.32 Å². The minimum Gasteiger partial charge on any atom is -0.347 e. The molecule has 1 aromatic heterocycles. The number of benzene rings is 2. The van der Waals surface area contributed by atoms with Gasteiger partial charge in [-0.3, -0.25) is 14.9 Å². The molecule has 0 radical (unpaired) electrons. The number of nitrogens with zero attached hydrogens (tertiary/aromatic N) is 1. The fourth-order valence-corrected chi connectivity index (χ4v) is 3.70. The van der Waals surface area contributed by atoms with Crippen molar-refractivity contribution in [2.75, 3.05) is 0 Å². The van der Waals surface area contributed by atoms with E-state index in [2.05, 4.69) is 52.5 Å². The second-order valence-electron chi connectivity index (χ2n) is 5.88. The van der Waals surface area contributed by atoms with Gasteiger partial charge < -0.3 is 4.57 Å². The summed E-state index contributed by atoms with van der Waals surface area (Å²) in [5, 5.41) is 3.05. The van der Waals surface area contributed by atoms with Gasteiger partial charge in [-0.2, -0.15) is 0 Å². The summed E-state index contributed by atoms with van der Waals surface area (Å²) in [6.07, 6.45) is 4.82. The first-order valence-corrected chi connectivity index (χ1v) is 8.89. The van der Waals surface area contributed by atoms with Gasteiger partial charge in [-0.15, -0.1) is 0 Å². The molecule has 1 fully saturated rings. The Morgan fingerprint density at radius 2 is 1.84 bits per heavy atom. The summed E-state index contributed by atoms with van der Waals surface area (Å²) >= 11 is 0.946. The van der Waals surface area contributed by atoms with E-state index in [4.69, 9.17) is 0 Å². The van der Waals surface area contributed by atoms with Gasteiger partial charge in [0.25, 0.3) is 11.1 Å². The first-order chi connectivity index (χ1) is 12.2. The van der Waals surface area contributed by atoms with Gasteiger partial charge in [-0.1, -0.05) is 42.5 Å². The molecule has 2 amide bonds. The van der Waals surface area contributed by atoms with E-state index in [1.807, 2.05) is 18.2 Å². The number of hydrogen-bond acceptors (Lipinski definition) is 3. The van der Waals surface area contributed by atoms with Crippen LogP contribution in [0.2, 0.25) is 0 Å². The van der Waals surface area contributed by atoms with Crippen LogP contribution in [0, 0.1) is 0 Å². The van der Waals surface area contributed by atoms with Crippen LogP contribution in [-0.4, -0.2) is 15.7 Å². The third-order valence-electron chi connectivity index (χ3n) is 4.26. The van der Waals surface area contributed by atoms with Crippen molar-refractivity contribution in [3.63, 3.8) is 0 Å². The molecule has 0 bridgehead atoms. The maximum absolute atomic E-state index is 11.8. The summed E-state index contributed by atoms with van der Waals surface area (Å²) in [5.41, 5.74) is 3.38. The molecule has 1 aliphatic heterocycles. The molecular weight excluding hydrogens is 332 g/mol. The van der Waals surface area contributed by atoms with Crippen molar-refractivity contribution in [1.29, 1.82) is 0 Å². The molecule has 0 aliphatic carbocycles. The Balaban J connectivity index is 1.63. The number of fused-ring (bicyclic) bond motifs is 1. The molecule has 1 N–H and O–H groups in total. The highest BCUT2D eigenvalue weighted by Gasteiger charge is 2.25. The largest absolute Gasteiger partial charge is 0.347 e. The lowest BCUT2D eigenvalue weighted by atomic mass is 10.1. The number of carbonyl (C=O) groups is 2. The average molecular weight is 348 g/mol. The van der Waals surface area contributed by atoms with Crippen LogP contribution in [0.5, 0.6) is 0 Å². The lowest BCUT2D eigenvalue weighted by Crippen LogP contribution is -2.17. The molecule has 5 heteroatoms. The quantitative estimate of drug-likeness (QED) is 0.719. The highest BCUT2D eigenvalue weighted by Crippen LogP contribution is 2.29. The Bertz CT molecular complexity index is 989. The third-order valence-corrected chi connectivity index (χ3v) is 5.07. The number of carbonyl (C=O) groups excluding carboxylic acids is 2. The van der Waals surface area contributed by atoms with E-state index in [-0.39, 0.29) is 11.1 Å². The van der Waals surface area contributed by atoms with Crippen LogP contribution in [-0.2, 0) is 17.8 Å². The van der Waals surface area contributed by atoms with Gasteiger partial charge in [0.1, 0.15) is 0 Å². The molecule has 0 spiro atoms. The highest BCUT2D eigenvalue weighted by molar-refractivity contribution is 8.18. The first kappa shape index (κ1) is 15.7. The Labute approximate surface area is 149 Å². The van der Waals surface area contributed by atoms with Crippen molar-refractivity contribution < 1.29 is 9.59 Å². The molecule has 4 nitrogen and oxygen atoms in total. The number of imide groups is 1. The zero-order valence-electron chi connectivity index (χ0n) is 13.4. The first-order valence-electron chi connectivity index (χ1n) is 8.07. The van der Waals surface area contributed by atoms with Crippen molar-refractivity contribution in [3.05, 3.63) is 76.8 Å². The summed E-state index contributed by atoms with van der Waals surface area (Å²) in [7, 11) is 0. The van der Waals surface area contributed by atoms with E-state index in [0.717, 1.165) is 41.2 Å². The molecule has 0 atom stereocenters. The van der Waals surface area contributed by atoms with E-state index in [0.29, 0.717) is 4.91 Å². The molecule has 0 saturated carbocycles. The normalized spacial score (nSPS) is 15.9. The Hall–Kier alpha value is -2.79. The SMILES string of the molecule is O=C1NC(=O)C(=Cc2cccc3c2ccn3CCc2ccccc2)S1. The fourth-order valence-electron chi connectivity index (χ4n) is 3.02. The number of aryl methyl sites for hydroxylation is 2. The number of rotatable bonds is 4. The number of nitrogens with one attached hydrogen (secondary N) is 1. The van der Waals surface area contributed by atoms with E-state index >= 15 is 0 Å². The maximum atomic E-state index is 11.8. The van der Waals surface area contributed by atoms with Crippen molar-refractivity contribution >= 4 is 39.9 Å². The lowest BCUT2D eigenvalue weighted by Gasteiger charge is -2.06. The molecule has 124 valence electrons. The van der Waals surface area contributed by atoms with Crippen molar-refractivity contribution in [3.8, 4) is 0 Å². The van der Waals surface area contributed by atoms with E-state index in [1.165, 1.54) is 5.56 Å². The fraction of sp³-hybridized carbons (Fsp3) is 0.100. The van der Waals surface area contributed by atoms with Gasteiger partial charge in [0.2, 0.25) is 0 Å². The lowest BCUT2D eigenvalue weighted by molar-refractivity contribution is -0.115. The molecule has 1 aliphatic rings. The minimum absolute atomic E-state index is 0.316. The van der Waals surface area contributed by atoms with E-state index < -0.39 is 0 Å². The average Bonchev–Trinajstić information content (AvgIpc) is 3.17. The second kappa shape index (κ2) is 6.61. The summed E-state index contributed by atoms with van der Waals surface area (Å²) in [4.78, 5) is 23.5. The minimum atomic E-state index is -0.324. The molecular formula is C20H16N2O2S. The summed E-state index contributed by atoms with van der Waals surface area (Å²) in [5.74, 6) is -0.324. The maximum Gasteiger partial charge on any atom is 0.290 e. The molecule has 25 heavy (non-hydrogen) atoms. The van der Waals surface area contributed by atoms with Crippen LogP contribution in [0.25, 0.3) is 17.0 Å². The molecule has 3 aromatic rings. The molecule has 4 rings (SSSR count). The van der Waals surface area contributed by atoms with Crippen LogP contribution in [0.15, 0.2) is 65.7 Å². The smallest absolute Gasteiger partial charge is 0.290 e. The Morgan fingerprint density at radius 3 is 2.60 bits per heavy atom. The third kappa shape index (κ3) is 3.23. The topological polar surface area (TPSA) is 51.1 Å². The standard InChI is InChI=1S/C20H16N2O2S/c23-19-18(25-20(24)21-19)13-15-7-4-8-17-16(15)10-12-22(17)11-9-14-5-2-1-3-6-14/h1-8,10,12-13H,9,11H2,(H,21,23,24). The van der Waals surface area contributed by atoms with Crippen LogP contribution in [0.3, 0.4) is 0 Å². The zero-order chi connectivity index (χ0) is 17.2. The van der Waals surface area contributed by atoms with Gasteiger partial charge in [-0.05, 0) is 47.5 Å². The predicted octanol–water partition coefficient (Wildman–Crippen LogP) is 4.21. The van der Waals surface area contributed by atoms with Crippen LogP contribution in [0.4, 0.5) is 4.79 Å². The molecule has 2 aromatic carbocycles. The van der Waals surface area contributed by atoms with Gasteiger partial charge in [0.05, 0.1) is 4.91 Å². The van der Waals surface area contributed by atoms with Gasteiger partial charge in [-0.25, -0.2) is 0 Å².